The fraction of sp³-hybridized carbons (Fsp3) is 0.261. The molecule has 9 heteroatoms. The van der Waals surface area contributed by atoms with Crippen LogP contribution in [0.4, 0.5) is 11.6 Å². The van der Waals surface area contributed by atoms with Gasteiger partial charge in [0.2, 0.25) is 17.8 Å². The lowest BCUT2D eigenvalue weighted by molar-refractivity contribution is -0.133. The molecule has 162 valence electrons. The highest BCUT2D eigenvalue weighted by Gasteiger charge is 2.59. The average molecular weight is 430 g/mol. The number of nitrogen functional groups attached to an aromatic ring is 1. The summed E-state index contributed by atoms with van der Waals surface area (Å²) in [6.45, 7) is 0.434. The Balaban J connectivity index is 1.50. The van der Waals surface area contributed by atoms with Crippen LogP contribution in [0.2, 0.25) is 0 Å². The van der Waals surface area contributed by atoms with E-state index in [9.17, 15) is 14.4 Å². The van der Waals surface area contributed by atoms with Crippen molar-refractivity contribution in [3.8, 4) is 0 Å². The largest absolute Gasteiger partial charge is 0.368 e. The molecule has 2 aliphatic heterocycles. The third-order valence-electron chi connectivity index (χ3n) is 6.38. The molecule has 2 atom stereocenters. The number of aromatic nitrogens is 3. The molecule has 1 saturated heterocycles. The molecule has 0 aliphatic carbocycles. The topological polar surface area (TPSA) is 134 Å². The van der Waals surface area contributed by atoms with Gasteiger partial charge in [0, 0.05) is 25.1 Å². The molecule has 1 fully saturated rings. The highest BCUT2D eigenvalue weighted by Crippen LogP contribution is 2.54. The highest BCUT2D eigenvalue weighted by molar-refractivity contribution is 6.07. The summed E-state index contributed by atoms with van der Waals surface area (Å²) < 4.78 is 0. The maximum atomic E-state index is 13.3. The van der Waals surface area contributed by atoms with E-state index in [0.29, 0.717) is 13.0 Å². The number of carbonyl (C=O) groups is 2. The van der Waals surface area contributed by atoms with Crippen LogP contribution in [0.15, 0.2) is 59.4 Å². The number of aryl methyl sites for hydroxylation is 1. The Morgan fingerprint density at radius 3 is 2.62 bits per heavy atom. The highest BCUT2D eigenvalue weighted by atomic mass is 16.2. The van der Waals surface area contributed by atoms with Gasteiger partial charge in [-0.15, -0.1) is 10.2 Å². The predicted octanol–water partition coefficient (Wildman–Crippen LogP) is 1.54. The first-order valence-electron chi connectivity index (χ1n) is 10.5. The standard InChI is InChI=1S/C23H22N6O3/c24-22-26-20(31)17(27-28-22)10-11-18(30)29-13-12-23(19(29)14-6-2-1-3-7-14)15-8-4-5-9-16(15)25-21(23)32/h1-9,19H,10-13H2,(H,25,32)(H3,24,26,28,31). The number of hydrogen-bond donors (Lipinski definition) is 3. The van der Waals surface area contributed by atoms with Crippen LogP contribution in [0.25, 0.3) is 0 Å². The summed E-state index contributed by atoms with van der Waals surface area (Å²) in [6.07, 6.45) is 0.725. The van der Waals surface area contributed by atoms with E-state index < -0.39 is 17.0 Å². The van der Waals surface area contributed by atoms with Crippen LogP contribution < -0.4 is 16.6 Å². The maximum Gasteiger partial charge on any atom is 0.274 e. The lowest BCUT2D eigenvalue weighted by Crippen LogP contribution is -2.42. The molecule has 2 amide bonds. The summed E-state index contributed by atoms with van der Waals surface area (Å²) in [5.41, 5.74) is 6.89. The van der Waals surface area contributed by atoms with Crippen molar-refractivity contribution < 1.29 is 9.59 Å². The summed E-state index contributed by atoms with van der Waals surface area (Å²) >= 11 is 0. The molecule has 3 aromatic rings. The fourth-order valence-electron chi connectivity index (χ4n) is 4.96. The Kier molecular flexibility index (Phi) is 4.73. The molecule has 0 bridgehead atoms. The van der Waals surface area contributed by atoms with Gasteiger partial charge in [0.1, 0.15) is 11.1 Å². The fourth-order valence-corrected chi connectivity index (χ4v) is 4.96. The molecule has 1 aromatic heterocycles. The van der Waals surface area contributed by atoms with Crippen LogP contribution in [-0.2, 0) is 21.4 Å². The lowest BCUT2D eigenvalue weighted by atomic mass is 9.72. The molecular weight excluding hydrogens is 408 g/mol. The molecule has 32 heavy (non-hydrogen) atoms. The second-order valence-electron chi connectivity index (χ2n) is 8.11. The average Bonchev–Trinajstić information content (AvgIpc) is 3.33. The second-order valence-corrected chi connectivity index (χ2v) is 8.11. The van der Waals surface area contributed by atoms with Gasteiger partial charge in [0.15, 0.2) is 0 Å². The zero-order valence-corrected chi connectivity index (χ0v) is 17.2. The monoisotopic (exact) mass is 430 g/mol. The summed E-state index contributed by atoms with van der Waals surface area (Å²) in [4.78, 5) is 42.9. The molecule has 2 aliphatic rings. The van der Waals surface area contributed by atoms with Crippen LogP contribution in [-0.4, -0.2) is 38.4 Å². The number of H-pyrrole nitrogens is 1. The molecule has 9 nitrogen and oxygen atoms in total. The van der Waals surface area contributed by atoms with Crippen molar-refractivity contribution in [1.82, 2.24) is 20.1 Å². The summed E-state index contributed by atoms with van der Waals surface area (Å²) in [5, 5.41) is 10.5. The minimum atomic E-state index is -0.855. The number of carbonyl (C=O) groups excluding carboxylic acids is 2. The van der Waals surface area contributed by atoms with Crippen LogP contribution >= 0.6 is 0 Å². The van der Waals surface area contributed by atoms with Crippen molar-refractivity contribution in [2.24, 2.45) is 0 Å². The molecule has 4 N–H and O–H groups in total. The smallest absolute Gasteiger partial charge is 0.274 e. The van der Waals surface area contributed by atoms with E-state index in [1.54, 1.807) is 4.90 Å². The van der Waals surface area contributed by atoms with Gasteiger partial charge in [0.05, 0.1) is 6.04 Å². The number of benzene rings is 2. The van der Waals surface area contributed by atoms with E-state index in [1.165, 1.54) is 0 Å². The van der Waals surface area contributed by atoms with Crippen molar-refractivity contribution in [3.05, 3.63) is 81.8 Å². The van der Waals surface area contributed by atoms with Crippen LogP contribution in [0, 0.1) is 0 Å². The minimum Gasteiger partial charge on any atom is -0.368 e. The number of amides is 2. The number of aromatic amines is 1. The predicted molar refractivity (Wildman–Crippen MR) is 118 cm³/mol. The number of likely N-dealkylation sites (tertiary alicyclic amines) is 1. The first kappa shape index (κ1) is 19.9. The number of nitrogens with two attached hydrogens (primary N) is 1. The van der Waals surface area contributed by atoms with E-state index >= 15 is 0 Å². The Morgan fingerprint density at radius 2 is 1.84 bits per heavy atom. The molecule has 1 spiro atoms. The van der Waals surface area contributed by atoms with Crippen LogP contribution in [0.5, 0.6) is 0 Å². The van der Waals surface area contributed by atoms with Gasteiger partial charge in [-0.1, -0.05) is 48.5 Å². The van der Waals surface area contributed by atoms with E-state index in [-0.39, 0.29) is 36.3 Å². The number of nitrogens with one attached hydrogen (secondary N) is 2. The quantitative estimate of drug-likeness (QED) is 0.575. The molecule has 5 rings (SSSR count). The first-order chi connectivity index (χ1) is 15.5. The van der Waals surface area contributed by atoms with E-state index in [2.05, 4.69) is 20.5 Å². The van der Waals surface area contributed by atoms with Gasteiger partial charge in [0.25, 0.3) is 5.56 Å². The molecule has 0 radical (unpaired) electrons. The molecule has 2 aromatic carbocycles. The molecule has 3 heterocycles. The summed E-state index contributed by atoms with van der Waals surface area (Å²) in [7, 11) is 0. The molecule has 0 saturated carbocycles. The first-order valence-corrected chi connectivity index (χ1v) is 10.5. The van der Waals surface area contributed by atoms with Crippen molar-refractivity contribution >= 4 is 23.5 Å². The maximum absolute atomic E-state index is 13.3. The van der Waals surface area contributed by atoms with E-state index in [0.717, 1.165) is 16.8 Å². The number of hydrogen-bond acceptors (Lipinski definition) is 6. The Labute approximate surface area is 183 Å². The summed E-state index contributed by atoms with van der Waals surface area (Å²) in [6, 6.07) is 16.8. The lowest BCUT2D eigenvalue weighted by Gasteiger charge is -2.34. The minimum absolute atomic E-state index is 0.0680. The van der Waals surface area contributed by atoms with Gasteiger partial charge in [-0.05, 0) is 23.6 Å². The van der Waals surface area contributed by atoms with Crippen molar-refractivity contribution in [1.29, 1.82) is 0 Å². The van der Waals surface area contributed by atoms with Gasteiger partial charge in [-0.2, -0.15) is 0 Å². The number of nitrogens with zero attached hydrogens (tertiary/aromatic N) is 3. The zero-order valence-electron chi connectivity index (χ0n) is 17.2. The second kappa shape index (κ2) is 7.60. The van der Waals surface area contributed by atoms with Gasteiger partial charge >= 0.3 is 0 Å². The summed E-state index contributed by atoms with van der Waals surface area (Å²) in [5.74, 6) is -0.309. The Bertz CT molecular complexity index is 1260. The van der Waals surface area contributed by atoms with E-state index in [4.69, 9.17) is 5.73 Å². The van der Waals surface area contributed by atoms with Crippen molar-refractivity contribution in [3.63, 3.8) is 0 Å². The van der Waals surface area contributed by atoms with Gasteiger partial charge in [-0.25, -0.2) is 0 Å². The third kappa shape index (κ3) is 3.05. The Morgan fingerprint density at radius 1 is 1.09 bits per heavy atom. The third-order valence-corrected chi connectivity index (χ3v) is 6.38. The number of rotatable bonds is 4. The van der Waals surface area contributed by atoms with Gasteiger partial charge in [-0.3, -0.25) is 19.4 Å². The molecule has 2 unspecified atom stereocenters. The SMILES string of the molecule is Nc1nnc(CCC(=O)N2CCC3(C(=O)Nc4ccccc43)C2c2ccccc2)c(=O)[nH]1. The number of fused-ring (bicyclic) bond motifs is 2. The van der Waals surface area contributed by atoms with Crippen LogP contribution in [0.1, 0.15) is 35.7 Å². The van der Waals surface area contributed by atoms with E-state index in [1.807, 2.05) is 54.6 Å². The number of anilines is 2. The Hall–Kier alpha value is -4.01. The molecular formula is C23H22N6O3. The van der Waals surface area contributed by atoms with Gasteiger partial charge < -0.3 is 16.0 Å². The van der Waals surface area contributed by atoms with Crippen molar-refractivity contribution in [2.75, 3.05) is 17.6 Å². The normalized spacial score (nSPS) is 21.6. The van der Waals surface area contributed by atoms with Crippen LogP contribution in [0.3, 0.4) is 0 Å². The van der Waals surface area contributed by atoms with Crippen molar-refractivity contribution in [2.45, 2.75) is 30.7 Å². The number of para-hydroxylation sites is 1. The zero-order chi connectivity index (χ0) is 22.3.